The van der Waals surface area contributed by atoms with E-state index in [4.69, 9.17) is 0 Å². The molecule has 0 aliphatic carbocycles. The summed E-state index contributed by atoms with van der Waals surface area (Å²) in [7, 11) is 0. The lowest BCUT2D eigenvalue weighted by molar-refractivity contribution is -0.131. The molecule has 0 bridgehead atoms. The average Bonchev–Trinajstić information content (AvgIpc) is 2.25. The summed E-state index contributed by atoms with van der Waals surface area (Å²) in [5.74, 6) is -0.298. The van der Waals surface area contributed by atoms with E-state index in [1.807, 2.05) is 51.1 Å². The van der Waals surface area contributed by atoms with Crippen molar-refractivity contribution in [1.82, 2.24) is 5.32 Å². The van der Waals surface area contributed by atoms with E-state index in [-0.39, 0.29) is 11.4 Å². The highest BCUT2D eigenvalue weighted by molar-refractivity contribution is 5.81. The van der Waals surface area contributed by atoms with Crippen LogP contribution in [-0.2, 0) is 11.2 Å². The summed E-state index contributed by atoms with van der Waals surface area (Å²) in [6, 6.07) is 9.85. The van der Waals surface area contributed by atoms with Gasteiger partial charge in [0.2, 0.25) is 5.91 Å². The minimum absolute atomic E-state index is 0.298. The summed E-state index contributed by atoms with van der Waals surface area (Å²) in [6.07, 6.45) is 0.223. The van der Waals surface area contributed by atoms with Crippen molar-refractivity contribution in [2.75, 3.05) is 0 Å². The van der Waals surface area contributed by atoms with Crippen LogP contribution in [0.4, 0.5) is 0 Å². The van der Waals surface area contributed by atoms with Crippen LogP contribution in [0.15, 0.2) is 30.3 Å². The van der Waals surface area contributed by atoms with Crippen LogP contribution in [0, 0.1) is 0 Å². The molecule has 1 amide bonds. The SMILES string of the molecule is CC(C)(C)NC(=O)[C@@H](O)CCc1ccccc1. The molecular formula is C14H21NO2. The van der Waals surface area contributed by atoms with E-state index in [0.29, 0.717) is 12.8 Å². The Hall–Kier alpha value is -1.35. The third kappa shape index (κ3) is 5.50. The molecule has 0 heterocycles. The van der Waals surface area contributed by atoms with Crippen LogP contribution in [0.25, 0.3) is 0 Å². The molecule has 0 saturated heterocycles. The number of hydrogen-bond acceptors (Lipinski definition) is 2. The lowest BCUT2D eigenvalue weighted by Gasteiger charge is -2.22. The molecule has 0 spiro atoms. The molecule has 0 aromatic heterocycles. The summed E-state index contributed by atoms with van der Waals surface area (Å²) >= 11 is 0. The number of carbonyl (C=O) groups excluding carboxylic acids is 1. The number of carbonyl (C=O) groups is 1. The molecule has 0 radical (unpaired) electrons. The first kappa shape index (κ1) is 13.7. The number of aliphatic hydroxyl groups is 1. The Bertz CT molecular complexity index is 354. The van der Waals surface area contributed by atoms with Crippen molar-refractivity contribution in [3.63, 3.8) is 0 Å². The number of aryl methyl sites for hydroxylation is 1. The number of rotatable bonds is 4. The van der Waals surface area contributed by atoms with Gasteiger partial charge in [-0.25, -0.2) is 0 Å². The monoisotopic (exact) mass is 235 g/mol. The van der Waals surface area contributed by atoms with Gasteiger partial charge in [-0.05, 0) is 39.2 Å². The van der Waals surface area contributed by atoms with E-state index in [1.165, 1.54) is 0 Å². The third-order valence-electron chi connectivity index (χ3n) is 2.35. The molecule has 17 heavy (non-hydrogen) atoms. The van der Waals surface area contributed by atoms with E-state index in [9.17, 15) is 9.90 Å². The van der Waals surface area contributed by atoms with Crippen molar-refractivity contribution in [2.45, 2.75) is 45.3 Å². The first-order valence-electron chi connectivity index (χ1n) is 5.92. The van der Waals surface area contributed by atoms with Gasteiger partial charge in [0, 0.05) is 5.54 Å². The maximum Gasteiger partial charge on any atom is 0.249 e. The van der Waals surface area contributed by atoms with E-state index in [2.05, 4.69) is 5.32 Å². The summed E-state index contributed by atoms with van der Waals surface area (Å²) in [6.45, 7) is 5.69. The number of benzene rings is 1. The van der Waals surface area contributed by atoms with Crippen LogP contribution in [0.5, 0.6) is 0 Å². The number of nitrogens with one attached hydrogen (secondary N) is 1. The van der Waals surface area contributed by atoms with Gasteiger partial charge in [0.05, 0.1) is 0 Å². The van der Waals surface area contributed by atoms with Gasteiger partial charge >= 0.3 is 0 Å². The second-order valence-electron chi connectivity index (χ2n) is 5.28. The number of aliphatic hydroxyl groups excluding tert-OH is 1. The van der Waals surface area contributed by atoms with Crippen molar-refractivity contribution in [2.24, 2.45) is 0 Å². The van der Waals surface area contributed by atoms with Crippen LogP contribution < -0.4 is 5.32 Å². The van der Waals surface area contributed by atoms with Crippen LogP contribution in [0.2, 0.25) is 0 Å². The molecule has 1 aromatic carbocycles. The fraction of sp³-hybridized carbons (Fsp3) is 0.500. The standard InChI is InChI=1S/C14H21NO2/c1-14(2,3)15-13(17)12(16)10-9-11-7-5-4-6-8-11/h4-8,12,16H,9-10H2,1-3H3,(H,15,17)/t12-/m0/s1. The molecule has 1 aromatic rings. The van der Waals surface area contributed by atoms with Crippen LogP contribution >= 0.6 is 0 Å². The lowest BCUT2D eigenvalue weighted by atomic mass is 10.0. The van der Waals surface area contributed by atoms with Crippen molar-refractivity contribution in [3.05, 3.63) is 35.9 Å². The van der Waals surface area contributed by atoms with Gasteiger partial charge in [0.15, 0.2) is 0 Å². The smallest absolute Gasteiger partial charge is 0.249 e. The van der Waals surface area contributed by atoms with E-state index in [1.54, 1.807) is 0 Å². The zero-order chi connectivity index (χ0) is 12.9. The maximum atomic E-state index is 11.6. The Balaban J connectivity index is 2.40. The largest absolute Gasteiger partial charge is 0.383 e. The average molecular weight is 235 g/mol. The zero-order valence-corrected chi connectivity index (χ0v) is 10.7. The summed E-state index contributed by atoms with van der Waals surface area (Å²) in [5.41, 5.74) is 0.834. The fourth-order valence-corrected chi connectivity index (χ4v) is 1.53. The number of hydrogen-bond donors (Lipinski definition) is 2. The molecule has 1 atom stereocenters. The molecule has 0 saturated carbocycles. The third-order valence-corrected chi connectivity index (χ3v) is 2.35. The molecule has 2 N–H and O–H groups in total. The lowest BCUT2D eigenvalue weighted by Crippen LogP contribution is -2.46. The van der Waals surface area contributed by atoms with Gasteiger partial charge in [-0.3, -0.25) is 4.79 Å². The summed E-state index contributed by atoms with van der Waals surface area (Å²) in [5, 5.41) is 12.5. The van der Waals surface area contributed by atoms with Crippen molar-refractivity contribution >= 4 is 5.91 Å². The highest BCUT2D eigenvalue weighted by atomic mass is 16.3. The highest BCUT2D eigenvalue weighted by Crippen LogP contribution is 2.06. The van der Waals surface area contributed by atoms with Crippen LogP contribution in [-0.4, -0.2) is 22.7 Å². The Kier molecular flexibility index (Phi) is 4.70. The van der Waals surface area contributed by atoms with Gasteiger partial charge in [-0.15, -0.1) is 0 Å². The van der Waals surface area contributed by atoms with Crippen LogP contribution in [0.3, 0.4) is 0 Å². The first-order valence-corrected chi connectivity index (χ1v) is 5.92. The van der Waals surface area contributed by atoms with Crippen molar-refractivity contribution in [1.29, 1.82) is 0 Å². The number of amides is 1. The van der Waals surface area contributed by atoms with Crippen molar-refractivity contribution in [3.8, 4) is 0 Å². The second kappa shape index (κ2) is 5.82. The molecule has 0 aliphatic rings. The zero-order valence-electron chi connectivity index (χ0n) is 10.7. The van der Waals surface area contributed by atoms with E-state index >= 15 is 0 Å². The normalized spacial score (nSPS) is 13.2. The Labute approximate surface area is 103 Å². The molecule has 3 nitrogen and oxygen atoms in total. The summed E-state index contributed by atoms with van der Waals surface area (Å²) in [4.78, 5) is 11.6. The Morgan fingerprint density at radius 1 is 1.29 bits per heavy atom. The van der Waals surface area contributed by atoms with Gasteiger partial charge in [-0.1, -0.05) is 30.3 Å². The first-order chi connectivity index (χ1) is 7.88. The highest BCUT2D eigenvalue weighted by Gasteiger charge is 2.20. The maximum absolute atomic E-state index is 11.6. The molecule has 0 unspecified atom stereocenters. The second-order valence-corrected chi connectivity index (χ2v) is 5.28. The summed E-state index contributed by atoms with van der Waals surface area (Å²) < 4.78 is 0. The van der Waals surface area contributed by atoms with Gasteiger partial charge in [-0.2, -0.15) is 0 Å². The van der Waals surface area contributed by atoms with Gasteiger partial charge in [0.1, 0.15) is 6.10 Å². The van der Waals surface area contributed by atoms with Gasteiger partial charge in [0.25, 0.3) is 0 Å². The molecule has 3 heteroatoms. The quantitative estimate of drug-likeness (QED) is 0.837. The Morgan fingerprint density at radius 2 is 1.88 bits per heavy atom. The Morgan fingerprint density at radius 3 is 2.41 bits per heavy atom. The van der Waals surface area contributed by atoms with Crippen molar-refractivity contribution < 1.29 is 9.90 Å². The minimum atomic E-state index is -0.936. The van der Waals surface area contributed by atoms with Crippen LogP contribution in [0.1, 0.15) is 32.8 Å². The van der Waals surface area contributed by atoms with E-state index in [0.717, 1.165) is 5.56 Å². The minimum Gasteiger partial charge on any atom is -0.383 e. The molecule has 0 fully saturated rings. The molecule has 1 rings (SSSR count). The predicted octanol–water partition coefficient (Wildman–Crippen LogP) is 1.89. The van der Waals surface area contributed by atoms with Gasteiger partial charge < -0.3 is 10.4 Å². The molecule has 0 aliphatic heterocycles. The predicted molar refractivity (Wildman–Crippen MR) is 68.7 cm³/mol. The van der Waals surface area contributed by atoms with E-state index < -0.39 is 6.10 Å². The topological polar surface area (TPSA) is 49.3 Å². The fourth-order valence-electron chi connectivity index (χ4n) is 1.53. The molecular weight excluding hydrogens is 214 g/mol. The molecule has 94 valence electrons.